The summed E-state index contributed by atoms with van der Waals surface area (Å²) in [6, 6.07) is 5.28. The number of nitrogens with one attached hydrogen (secondary N) is 2. The van der Waals surface area contributed by atoms with Gasteiger partial charge in [0.2, 0.25) is 0 Å². The molecule has 0 bridgehead atoms. The summed E-state index contributed by atoms with van der Waals surface area (Å²) in [6.07, 6.45) is 3.05. The second-order valence-electron chi connectivity index (χ2n) is 6.62. The molecule has 152 valence electrons. The Morgan fingerprint density at radius 3 is 2.97 bits per heavy atom. The van der Waals surface area contributed by atoms with E-state index in [1.807, 2.05) is 24.3 Å². The lowest BCUT2D eigenvalue weighted by atomic mass is 10.2. The van der Waals surface area contributed by atoms with Gasteiger partial charge in [-0.25, -0.2) is 19.5 Å². The van der Waals surface area contributed by atoms with Crippen LogP contribution in [0.2, 0.25) is 0 Å². The minimum atomic E-state index is -2.71. The fourth-order valence-electron chi connectivity index (χ4n) is 3.12. The highest BCUT2D eigenvalue weighted by atomic mass is 127. The van der Waals surface area contributed by atoms with Crippen LogP contribution >= 0.6 is 22.6 Å². The van der Waals surface area contributed by atoms with Crippen molar-refractivity contribution in [2.75, 3.05) is 11.9 Å². The molecule has 1 aliphatic heterocycles. The molecule has 1 unspecified atom stereocenters. The molecule has 1 saturated heterocycles. The monoisotopic (exact) mass is 510 g/mol. The molecule has 29 heavy (non-hydrogen) atoms. The maximum atomic E-state index is 12.2. The summed E-state index contributed by atoms with van der Waals surface area (Å²) in [5.74, 6) is -0.172. The van der Waals surface area contributed by atoms with Crippen molar-refractivity contribution >= 4 is 45.5 Å². The van der Waals surface area contributed by atoms with E-state index in [2.05, 4.69) is 48.2 Å². The third-order valence-electron chi connectivity index (χ3n) is 4.53. The van der Waals surface area contributed by atoms with Gasteiger partial charge in [-0.3, -0.25) is 10.1 Å². The molecule has 1 atom stereocenters. The van der Waals surface area contributed by atoms with E-state index in [0.29, 0.717) is 30.9 Å². The third kappa shape index (κ3) is 4.32. The topological polar surface area (TPSA) is 134 Å². The molecule has 3 aromatic rings. The van der Waals surface area contributed by atoms with Crippen LogP contribution in [0.25, 0.3) is 11.2 Å². The van der Waals surface area contributed by atoms with E-state index in [-0.39, 0.29) is 5.65 Å². The first-order valence-corrected chi connectivity index (χ1v) is 10.1. The quantitative estimate of drug-likeness (QED) is 0.284. The van der Waals surface area contributed by atoms with Gasteiger partial charge >= 0.3 is 6.03 Å². The van der Waals surface area contributed by atoms with Gasteiger partial charge in [0.25, 0.3) is 5.91 Å². The van der Waals surface area contributed by atoms with Crippen LogP contribution < -0.4 is 10.6 Å². The van der Waals surface area contributed by atoms with E-state index >= 15 is 0 Å². The van der Waals surface area contributed by atoms with Gasteiger partial charge in [0.1, 0.15) is 18.8 Å². The lowest BCUT2D eigenvalue weighted by molar-refractivity contribution is -0.249. The van der Waals surface area contributed by atoms with Crippen molar-refractivity contribution in [2.24, 2.45) is 0 Å². The molecule has 3 heterocycles. The number of anilines is 1. The number of carbonyl (C=O) groups is 1. The number of hydrogen-bond donors (Lipinski definition) is 4. The number of ether oxygens (including phenoxy) is 1. The Kier molecular flexibility index (Phi) is 5.63. The van der Waals surface area contributed by atoms with Gasteiger partial charge in [0, 0.05) is 16.7 Å². The number of nitrogens with zero attached hydrogens (tertiary/aromatic N) is 4. The van der Waals surface area contributed by atoms with Crippen LogP contribution in [0.15, 0.2) is 36.9 Å². The molecule has 2 aromatic heterocycles. The average molecular weight is 510 g/mol. The van der Waals surface area contributed by atoms with Crippen LogP contribution in [-0.2, 0) is 22.1 Å². The van der Waals surface area contributed by atoms with E-state index in [1.54, 1.807) is 0 Å². The van der Waals surface area contributed by atoms with Gasteiger partial charge in [-0.05, 0) is 53.1 Å². The van der Waals surface area contributed by atoms with Crippen LogP contribution in [0.4, 0.5) is 5.82 Å². The molecule has 1 fully saturated rings. The molecule has 4 rings (SSSR count). The maximum Gasteiger partial charge on any atom is 0.344 e. The second-order valence-corrected chi connectivity index (χ2v) is 7.86. The number of rotatable bonds is 6. The van der Waals surface area contributed by atoms with E-state index in [0.717, 1.165) is 20.1 Å². The number of benzene rings is 1. The molecule has 0 aliphatic carbocycles. The summed E-state index contributed by atoms with van der Waals surface area (Å²) < 4.78 is 7.35. The largest absolute Gasteiger partial charge is 0.368 e. The predicted molar refractivity (Wildman–Crippen MR) is 111 cm³/mol. The molecular formula is C18H19IN6O4. The van der Waals surface area contributed by atoms with Crippen molar-refractivity contribution in [3.63, 3.8) is 0 Å². The van der Waals surface area contributed by atoms with Gasteiger partial charge in [0.05, 0.1) is 0 Å². The molecular weight excluding hydrogens is 491 g/mol. The Balaban J connectivity index is 1.55. The van der Waals surface area contributed by atoms with Crippen LogP contribution in [-0.4, -0.2) is 48.4 Å². The number of imidazole rings is 1. The number of amides is 1. The number of hydrogen-bond acceptors (Lipinski definition) is 8. The second kappa shape index (κ2) is 8.18. The van der Waals surface area contributed by atoms with Gasteiger partial charge in [0.15, 0.2) is 17.0 Å². The Labute approximate surface area is 179 Å². The highest BCUT2D eigenvalue weighted by Crippen LogP contribution is 2.22. The summed E-state index contributed by atoms with van der Waals surface area (Å²) in [6.45, 7) is 0.980. The van der Waals surface area contributed by atoms with Gasteiger partial charge in [-0.2, -0.15) is 0 Å². The number of carbonyl (C=O) groups excluding carboxylic acids is 1. The molecule has 4 N–H and O–H groups in total. The highest BCUT2D eigenvalue weighted by Gasteiger charge is 2.35. The minimum absolute atomic E-state index is 0.155. The average Bonchev–Trinajstić information content (AvgIpc) is 3.36. The molecule has 0 radical (unpaired) electrons. The highest BCUT2D eigenvalue weighted by molar-refractivity contribution is 14.1. The minimum Gasteiger partial charge on any atom is -0.368 e. The van der Waals surface area contributed by atoms with Crippen molar-refractivity contribution in [3.05, 3.63) is 46.1 Å². The van der Waals surface area contributed by atoms with Crippen molar-refractivity contribution < 1.29 is 19.7 Å². The zero-order valence-electron chi connectivity index (χ0n) is 15.2. The standard InChI is InChI=1S/C18H19IN6O4/c19-12-4-1-3-11(7-12)8-20-15-14-16(22-9-21-15)25(10-23-14)18(27,28)24-17(26)13-5-2-6-29-13/h1,3-4,7,9-10,13,27-28H,2,5-6,8H2,(H,24,26)(H,20,21,22). The Morgan fingerprint density at radius 1 is 1.34 bits per heavy atom. The molecule has 0 saturated carbocycles. The summed E-state index contributed by atoms with van der Waals surface area (Å²) in [5, 5.41) is 26.2. The van der Waals surface area contributed by atoms with Crippen LogP contribution in [0.3, 0.4) is 0 Å². The van der Waals surface area contributed by atoms with E-state index < -0.39 is 18.0 Å². The van der Waals surface area contributed by atoms with Crippen molar-refractivity contribution in [1.29, 1.82) is 0 Å². The van der Waals surface area contributed by atoms with Crippen molar-refractivity contribution in [1.82, 2.24) is 24.8 Å². The SMILES string of the molecule is O=C(NC(O)(O)n1cnc2c(NCc3cccc(I)c3)ncnc21)C1CCCO1. The van der Waals surface area contributed by atoms with E-state index in [1.165, 1.54) is 12.7 Å². The fraction of sp³-hybridized carbons (Fsp3) is 0.333. The molecule has 11 heteroatoms. The van der Waals surface area contributed by atoms with Crippen LogP contribution in [0.1, 0.15) is 18.4 Å². The number of aliphatic hydroxyl groups is 2. The third-order valence-corrected chi connectivity index (χ3v) is 5.20. The lowest BCUT2D eigenvalue weighted by Gasteiger charge is -2.25. The molecule has 0 spiro atoms. The van der Waals surface area contributed by atoms with Crippen LogP contribution in [0, 0.1) is 3.57 Å². The smallest absolute Gasteiger partial charge is 0.344 e. The first kappa shape index (κ1) is 19.9. The van der Waals surface area contributed by atoms with Gasteiger partial charge in [-0.1, -0.05) is 12.1 Å². The van der Waals surface area contributed by atoms with Crippen molar-refractivity contribution in [2.45, 2.75) is 31.5 Å². The zero-order chi connectivity index (χ0) is 20.4. The first-order chi connectivity index (χ1) is 13.9. The van der Waals surface area contributed by atoms with Crippen LogP contribution in [0.5, 0.6) is 0 Å². The lowest BCUT2D eigenvalue weighted by Crippen LogP contribution is -2.53. The number of fused-ring (bicyclic) bond motifs is 1. The summed E-state index contributed by atoms with van der Waals surface area (Å²) in [5.41, 5.74) is 1.56. The Hall–Kier alpha value is -2.35. The van der Waals surface area contributed by atoms with Crippen molar-refractivity contribution in [3.8, 4) is 0 Å². The summed E-state index contributed by atoms with van der Waals surface area (Å²) in [7, 11) is 0. The van der Waals surface area contributed by atoms with Gasteiger partial charge in [-0.15, -0.1) is 0 Å². The normalized spacial score (nSPS) is 16.9. The van der Waals surface area contributed by atoms with E-state index in [9.17, 15) is 15.0 Å². The number of aromatic nitrogens is 4. The van der Waals surface area contributed by atoms with E-state index in [4.69, 9.17) is 4.74 Å². The summed E-state index contributed by atoms with van der Waals surface area (Å²) in [4.78, 5) is 24.7. The first-order valence-electron chi connectivity index (χ1n) is 8.99. The Morgan fingerprint density at radius 2 is 2.21 bits per heavy atom. The Bertz CT molecular complexity index is 1030. The summed E-state index contributed by atoms with van der Waals surface area (Å²) >= 11 is 2.24. The molecule has 10 nitrogen and oxygen atoms in total. The molecule has 1 amide bonds. The zero-order valence-corrected chi connectivity index (χ0v) is 17.4. The van der Waals surface area contributed by atoms with Gasteiger partial charge < -0.3 is 20.3 Å². The maximum absolute atomic E-state index is 12.2. The molecule has 1 aromatic carbocycles. The predicted octanol–water partition coefficient (Wildman–Crippen LogP) is 0.891. The fourth-order valence-corrected chi connectivity index (χ4v) is 3.72. The number of halogens is 1. The molecule has 1 aliphatic rings.